The summed E-state index contributed by atoms with van der Waals surface area (Å²) in [7, 11) is 0. The van der Waals surface area contributed by atoms with Gasteiger partial charge < -0.3 is 16.0 Å². The maximum Gasteiger partial charge on any atom is 0.193 e. The molecule has 0 spiro atoms. The minimum absolute atomic E-state index is 0.507. The van der Waals surface area contributed by atoms with Crippen LogP contribution in [0, 0.1) is 12.8 Å². The number of nitrogens with two attached hydrogens (primary N) is 1. The van der Waals surface area contributed by atoms with Gasteiger partial charge in [0, 0.05) is 18.8 Å². The minimum Gasteiger partial charge on any atom is -0.370 e. The van der Waals surface area contributed by atoms with Crippen molar-refractivity contribution in [1.29, 1.82) is 0 Å². The average molecular weight is 288 g/mol. The van der Waals surface area contributed by atoms with E-state index < -0.39 is 0 Å². The van der Waals surface area contributed by atoms with Crippen molar-refractivity contribution in [2.24, 2.45) is 16.6 Å². The van der Waals surface area contributed by atoms with Crippen LogP contribution in [0.2, 0.25) is 0 Å². The SMILES string of the molecule is Cc1cccc(NC(N)=NCCCN2CCCC(C)C2)c1. The van der Waals surface area contributed by atoms with Crippen molar-refractivity contribution < 1.29 is 0 Å². The second kappa shape index (κ2) is 8.03. The van der Waals surface area contributed by atoms with E-state index in [-0.39, 0.29) is 0 Å². The zero-order valence-corrected chi connectivity index (χ0v) is 13.3. The number of anilines is 1. The number of guanidine groups is 1. The summed E-state index contributed by atoms with van der Waals surface area (Å²) in [5.41, 5.74) is 8.14. The molecule has 1 heterocycles. The van der Waals surface area contributed by atoms with Crippen molar-refractivity contribution in [3.8, 4) is 0 Å². The quantitative estimate of drug-likeness (QED) is 0.497. The predicted molar refractivity (Wildman–Crippen MR) is 90.7 cm³/mol. The van der Waals surface area contributed by atoms with E-state index in [9.17, 15) is 0 Å². The Morgan fingerprint density at radius 2 is 2.33 bits per heavy atom. The molecule has 0 amide bonds. The van der Waals surface area contributed by atoms with Gasteiger partial charge in [-0.15, -0.1) is 0 Å². The lowest BCUT2D eigenvalue weighted by Crippen LogP contribution is -2.35. The zero-order valence-electron chi connectivity index (χ0n) is 13.3. The molecule has 0 aromatic heterocycles. The number of nitrogens with one attached hydrogen (secondary N) is 1. The van der Waals surface area contributed by atoms with Gasteiger partial charge in [0.1, 0.15) is 0 Å². The van der Waals surface area contributed by atoms with Crippen molar-refractivity contribution in [1.82, 2.24) is 4.90 Å². The molecule has 1 atom stereocenters. The fourth-order valence-electron chi connectivity index (χ4n) is 2.89. The molecule has 1 aromatic rings. The monoisotopic (exact) mass is 288 g/mol. The number of rotatable bonds is 5. The first kappa shape index (κ1) is 15.8. The van der Waals surface area contributed by atoms with Crippen LogP contribution in [0.15, 0.2) is 29.3 Å². The summed E-state index contributed by atoms with van der Waals surface area (Å²) in [6, 6.07) is 8.16. The second-order valence-corrected chi connectivity index (χ2v) is 6.16. The van der Waals surface area contributed by atoms with Crippen molar-refractivity contribution >= 4 is 11.6 Å². The summed E-state index contributed by atoms with van der Waals surface area (Å²) < 4.78 is 0. The molecule has 4 heteroatoms. The Labute approximate surface area is 128 Å². The number of piperidine rings is 1. The maximum atomic E-state index is 5.92. The second-order valence-electron chi connectivity index (χ2n) is 6.16. The van der Waals surface area contributed by atoms with Crippen molar-refractivity contribution in [2.75, 3.05) is 31.5 Å². The highest BCUT2D eigenvalue weighted by Gasteiger charge is 2.15. The Kier molecular flexibility index (Phi) is 6.05. The Morgan fingerprint density at radius 3 is 3.10 bits per heavy atom. The van der Waals surface area contributed by atoms with Gasteiger partial charge in [-0.05, 0) is 62.9 Å². The van der Waals surface area contributed by atoms with Crippen LogP contribution in [0.5, 0.6) is 0 Å². The molecule has 1 aromatic carbocycles. The number of nitrogens with zero attached hydrogens (tertiary/aromatic N) is 2. The molecule has 0 radical (unpaired) electrons. The highest BCUT2D eigenvalue weighted by Crippen LogP contribution is 2.15. The van der Waals surface area contributed by atoms with Crippen molar-refractivity contribution in [3.05, 3.63) is 29.8 Å². The third kappa shape index (κ3) is 5.76. The van der Waals surface area contributed by atoms with Crippen LogP contribution in [0.4, 0.5) is 5.69 Å². The van der Waals surface area contributed by atoms with Gasteiger partial charge in [0.2, 0.25) is 0 Å². The van der Waals surface area contributed by atoms with E-state index in [1.807, 2.05) is 12.1 Å². The molecule has 3 N–H and O–H groups in total. The fourth-order valence-corrected chi connectivity index (χ4v) is 2.89. The van der Waals surface area contributed by atoms with E-state index in [0.29, 0.717) is 5.96 Å². The molecule has 2 rings (SSSR count). The molecule has 1 aliphatic rings. The van der Waals surface area contributed by atoms with Gasteiger partial charge in [-0.3, -0.25) is 4.99 Å². The molecule has 1 aliphatic heterocycles. The fraction of sp³-hybridized carbons (Fsp3) is 0.588. The molecule has 0 aliphatic carbocycles. The number of aryl methyl sites for hydroxylation is 1. The van der Waals surface area contributed by atoms with Crippen LogP contribution < -0.4 is 11.1 Å². The van der Waals surface area contributed by atoms with E-state index in [2.05, 4.69) is 41.2 Å². The summed E-state index contributed by atoms with van der Waals surface area (Å²) in [6.45, 7) is 8.80. The van der Waals surface area contributed by atoms with Gasteiger partial charge in [-0.1, -0.05) is 19.1 Å². The molecule has 21 heavy (non-hydrogen) atoms. The topological polar surface area (TPSA) is 53.6 Å². The van der Waals surface area contributed by atoms with Crippen molar-refractivity contribution in [2.45, 2.75) is 33.1 Å². The van der Waals surface area contributed by atoms with E-state index in [4.69, 9.17) is 5.73 Å². The maximum absolute atomic E-state index is 5.92. The highest BCUT2D eigenvalue weighted by atomic mass is 15.1. The zero-order chi connectivity index (χ0) is 15.1. The van der Waals surface area contributed by atoms with Gasteiger partial charge in [0.25, 0.3) is 0 Å². The first-order valence-corrected chi connectivity index (χ1v) is 7.99. The Morgan fingerprint density at radius 1 is 1.48 bits per heavy atom. The molecular weight excluding hydrogens is 260 g/mol. The van der Waals surface area contributed by atoms with E-state index in [1.54, 1.807) is 0 Å². The molecule has 4 nitrogen and oxygen atoms in total. The Bertz CT molecular complexity index is 470. The van der Waals surface area contributed by atoms with Gasteiger partial charge in [-0.25, -0.2) is 0 Å². The summed E-state index contributed by atoms with van der Waals surface area (Å²) in [5, 5.41) is 3.14. The number of hydrogen-bond donors (Lipinski definition) is 2. The number of benzene rings is 1. The van der Waals surface area contributed by atoms with Gasteiger partial charge in [-0.2, -0.15) is 0 Å². The highest BCUT2D eigenvalue weighted by molar-refractivity contribution is 5.92. The average Bonchev–Trinajstić information content (AvgIpc) is 2.44. The Balaban J connectivity index is 1.68. The summed E-state index contributed by atoms with van der Waals surface area (Å²) >= 11 is 0. The van der Waals surface area contributed by atoms with E-state index in [0.717, 1.165) is 31.1 Å². The molecule has 116 valence electrons. The molecule has 0 saturated carbocycles. The lowest BCUT2D eigenvalue weighted by atomic mass is 10.0. The Hall–Kier alpha value is -1.55. The normalized spacial score (nSPS) is 20.5. The predicted octanol–water partition coefficient (Wildman–Crippen LogP) is 2.84. The van der Waals surface area contributed by atoms with Gasteiger partial charge in [0.15, 0.2) is 5.96 Å². The van der Waals surface area contributed by atoms with Gasteiger partial charge >= 0.3 is 0 Å². The largest absolute Gasteiger partial charge is 0.370 e. The molecule has 0 bridgehead atoms. The van der Waals surface area contributed by atoms with Gasteiger partial charge in [0.05, 0.1) is 0 Å². The third-order valence-electron chi connectivity index (χ3n) is 3.95. The standard InChI is InChI=1S/C17H28N4/c1-14-6-3-8-16(12-14)20-17(18)19-9-5-11-21-10-4-7-15(2)13-21/h3,6,8,12,15H,4-5,7,9-11,13H2,1-2H3,(H3,18,19,20). The van der Waals surface area contributed by atoms with Crippen LogP contribution in [0.1, 0.15) is 31.7 Å². The third-order valence-corrected chi connectivity index (χ3v) is 3.95. The van der Waals surface area contributed by atoms with Crippen LogP contribution in [-0.4, -0.2) is 37.0 Å². The molecule has 1 saturated heterocycles. The first-order valence-electron chi connectivity index (χ1n) is 7.99. The van der Waals surface area contributed by atoms with Crippen LogP contribution in [0.25, 0.3) is 0 Å². The lowest BCUT2D eigenvalue weighted by Gasteiger charge is -2.30. The number of likely N-dealkylation sites (tertiary alicyclic amines) is 1. The molecular formula is C17H28N4. The summed E-state index contributed by atoms with van der Waals surface area (Å²) in [5.74, 6) is 1.35. The van der Waals surface area contributed by atoms with E-state index in [1.165, 1.54) is 31.5 Å². The van der Waals surface area contributed by atoms with Crippen LogP contribution >= 0.6 is 0 Å². The number of hydrogen-bond acceptors (Lipinski definition) is 2. The lowest BCUT2D eigenvalue weighted by molar-refractivity contribution is 0.183. The van der Waals surface area contributed by atoms with Crippen LogP contribution in [-0.2, 0) is 0 Å². The molecule has 1 unspecified atom stereocenters. The first-order chi connectivity index (χ1) is 10.1. The minimum atomic E-state index is 0.507. The van der Waals surface area contributed by atoms with E-state index >= 15 is 0 Å². The summed E-state index contributed by atoms with van der Waals surface area (Å²) in [4.78, 5) is 6.96. The smallest absolute Gasteiger partial charge is 0.193 e. The number of aliphatic imine (C=N–C) groups is 1. The van der Waals surface area contributed by atoms with Crippen LogP contribution in [0.3, 0.4) is 0 Å². The summed E-state index contributed by atoms with van der Waals surface area (Å²) in [6.07, 6.45) is 3.78. The molecule has 1 fully saturated rings. The van der Waals surface area contributed by atoms with Crippen molar-refractivity contribution in [3.63, 3.8) is 0 Å².